The molecule has 49 heavy (non-hydrogen) atoms. The predicted octanol–water partition coefficient (Wildman–Crippen LogP) is 11.7. The number of para-hydroxylation sites is 2. The molecule has 244 valence electrons. The van der Waals surface area contributed by atoms with E-state index >= 15 is 0 Å². The van der Waals surface area contributed by atoms with Gasteiger partial charge >= 0.3 is 6.92 Å². The molecule has 7 aromatic rings. The molecule has 3 heteroatoms. The van der Waals surface area contributed by atoms with Crippen LogP contribution in [0.2, 0.25) is 6.82 Å². The summed E-state index contributed by atoms with van der Waals surface area (Å²) >= 11 is 0. The van der Waals surface area contributed by atoms with E-state index in [1.54, 1.807) is 0 Å². The van der Waals surface area contributed by atoms with Gasteiger partial charge in [-0.05, 0) is 113 Å². The van der Waals surface area contributed by atoms with Crippen LogP contribution in [-0.4, -0.2) is 17.1 Å². The Balaban J connectivity index is 1.36. The SMILES string of the molecule is CB(OC(C)(C)C(C)(C)C)c1ccc(C)c(-c2cc(-c3ccc4c(c3)c3ccccc3n4-c3ccccc3)ccc2Cc2ccccc2)c1. The van der Waals surface area contributed by atoms with E-state index in [2.05, 4.69) is 192 Å². The molecule has 0 radical (unpaired) electrons. The minimum Gasteiger partial charge on any atom is -0.426 e. The van der Waals surface area contributed by atoms with Gasteiger partial charge in [0.25, 0.3) is 0 Å². The van der Waals surface area contributed by atoms with Crippen molar-refractivity contribution in [2.75, 3.05) is 0 Å². The standard InChI is InChI=1S/C46H46BNO/c1-32-22-26-37(47(7)49-46(5,6)45(2,3)4)31-40(32)41-29-34(23-24-36(41)28-33-16-10-8-11-17-33)35-25-27-44-42(30-35)39-20-14-15-21-43(39)48(44)38-18-12-9-13-19-38/h8-27,29-31H,28H2,1-7H3. The Morgan fingerprint density at radius 1 is 0.592 bits per heavy atom. The zero-order valence-corrected chi connectivity index (χ0v) is 29.9. The van der Waals surface area contributed by atoms with Crippen LogP contribution in [0.5, 0.6) is 0 Å². The van der Waals surface area contributed by atoms with E-state index in [1.807, 2.05) is 0 Å². The molecule has 0 bridgehead atoms. The second-order valence-corrected chi connectivity index (χ2v) is 15.0. The fourth-order valence-electron chi connectivity index (χ4n) is 6.85. The van der Waals surface area contributed by atoms with Crippen LogP contribution in [-0.2, 0) is 11.1 Å². The van der Waals surface area contributed by atoms with E-state index in [0.717, 1.165) is 6.42 Å². The van der Waals surface area contributed by atoms with Gasteiger partial charge in [0.1, 0.15) is 0 Å². The number of rotatable bonds is 8. The lowest BCUT2D eigenvalue weighted by Gasteiger charge is -2.41. The maximum Gasteiger partial charge on any atom is 0.324 e. The summed E-state index contributed by atoms with van der Waals surface area (Å²) in [4.78, 5) is 0. The average Bonchev–Trinajstić information content (AvgIpc) is 3.42. The summed E-state index contributed by atoms with van der Waals surface area (Å²) in [6, 6.07) is 51.1. The Morgan fingerprint density at radius 3 is 1.96 bits per heavy atom. The van der Waals surface area contributed by atoms with E-state index in [0.29, 0.717) is 0 Å². The molecule has 0 saturated heterocycles. The van der Waals surface area contributed by atoms with Gasteiger partial charge in [-0.15, -0.1) is 0 Å². The van der Waals surface area contributed by atoms with Crippen molar-refractivity contribution in [2.45, 2.75) is 60.4 Å². The van der Waals surface area contributed by atoms with Gasteiger partial charge in [0.15, 0.2) is 0 Å². The van der Waals surface area contributed by atoms with Gasteiger partial charge < -0.3 is 9.22 Å². The van der Waals surface area contributed by atoms with Crippen LogP contribution in [0, 0.1) is 12.3 Å². The molecular weight excluding hydrogens is 593 g/mol. The van der Waals surface area contributed by atoms with Crippen molar-refractivity contribution >= 4 is 34.2 Å². The molecule has 0 aliphatic carbocycles. The van der Waals surface area contributed by atoms with Gasteiger partial charge in [0, 0.05) is 16.5 Å². The Hall–Kier alpha value is -4.86. The highest BCUT2D eigenvalue weighted by molar-refractivity contribution is 6.66. The molecule has 7 rings (SSSR count). The molecule has 0 unspecified atom stereocenters. The van der Waals surface area contributed by atoms with Gasteiger partial charge in [-0.1, -0.05) is 131 Å². The summed E-state index contributed by atoms with van der Waals surface area (Å²) in [6.45, 7) is 15.5. The number of hydrogen-bond donors (Lipinski definition) is 0. The summed E-state index contributed by atoms with van der Waals surface area (Å²) in [5, 5.41) is 2.53. The van der Waals surface area contributed by atoms with Gasteiger partial charge in [-0.25, -0.2) is 0 Å². The van der Waals surface area contributed by atoms with Crippen LogP contribution in [0.1, 0.15) is 51.3 Å². The van der Waals surface area contributed by atoms with Gasteiger partial charge in [-0.2, -0.15) is 0 Å². The Labute approximate surface area is 292 Å². The zero-order valence-electron chi connectivity index (χ0n) is 29.9. The molecule has 0 aliphatic heterocycles. The lowest BCUT2D eigenvalue weighted by Crippen LogP contribution is -2.47. The molecular formula is C46H46BNO. The molecule has 0 saturated carbocycles. The minimum atomic E-state index is -0.280. The van der Waals surface area contributed by atoms with Gasteiger partial charge in [0.05, 0.1) is 16.6 Å². The highest BCUT2D eigenvalue weighted by Crippen LogP contribution is 2.38. The van der Waals surface area contributed by atoms with Crippen molar-refractivity contribution in [3.8, 4) is 27.9 Å². The molecule has 0 fully saturated rings. The molecule has 1 aromatic heterocycles. The monoisotopic (exact) mass is 639 g/mol. The van der Waals surface area contributed by atoms with Crippen molar-refractivity contribution in [2.24, 2.45) is 5.41 Å². The smallest absolute Gasteiger partial charge is 0.324 e. The Kier molecular flexibility index (Phi) is 8.59. The highest BCUT2D eigenvalue weighted by Gasteiger charge is 2.36. The molecule has 0 N–H and O–H groups in total. The Bertz CT molecular complexity index is 2260. The number of hydrogen-bond acceptors (Lipinski definition) is 1. The van der Waals surface area contributed by atoms with Crippen LogP contribution < -0.4 is 5.46 Å². The van der Waals surface area contributed by atoms with Crippen molar-refractivity contribution in [1.29, 1.82) is 0 Å². The summed E-state index contributed by atoms with van der Waals surface area (Å²) in [7, 11) is 0. The highest BCUT2D eigenvalue weighted by atomic mass is 16.5. The predicted molar refractivity (Wildman–Crippen MR) is 212 cm³/mol. The maximum atomic E-state index is 6.75. The number of nitrogens with zero attached hydrogens (tertiary/aromatic N) is 1. The van der Waals surface area contributed by atoms with Crippen molar-refractivity contribution in [3.63, 3.8) is 0 Å². The number of benzene rings is 6. The molecule has 0 spiro atoms. The normalized spacial score (nSPS) is 12.1. The van der Waals surface area contributed by atoms with Crippen LogP contribution >= 0.6 is 0 Å². The second-order valence-electron chi connectivity index (χ2n) is 15.0. The average molecular weight is 640 g/mol. The maximum absolute atomic E-state index is 6.75. The van der Waals surface area contributed by atoms with Crippen LogP contribution in [0.3, 0.4) is 0 Å². The molecule has 0 amide bonds. The zero-order chi connectivity index (χ0) is 34.3. The van der Waals surface area contributed by atoms with Crippen molar-refractivity contribution in [3.05, 3.63) is 156 Å². The van der Waals surface area contributed by atoms with Crippen LogP contribution in [0.4, 0.5) is 0 Å². The van der Waals surface area contributed by atoms with Crippen LogP contribution in [0.25, 0.3) is 49.7 Å². The first-order valence-electron chi connectivity index (χ1n) is 17.5. The third-order valence-corrected chi connectivity index (χ3v) is 10.7. The lowest BCUT2D eigenvalue weighted by molar-refractivity contribution is 0.000451. The van der Waals surface area contributed by atoms with E-state index in [9.17, 15) is 0 Å². The first kappa shape index (κ1) is 32.7. The Morgan fingerprint density at radius 2 is 1.22 bits per heavy atom. The van der Waals surface area contributed by atoms with E-state index in [-0.39, 0.29) is 17.9 Å². The molecule has 0 aliphatic rings. The lowest BCUT2D eigenvalue weighted by atomic mass is 9.61. The molecule has 2 nitrogen and oxygen atoms in total. The number of aromatic nitrogens is 1. The largest absolute Gasteiger partial charge is 0.426 e. The second kappa shape index (κ2) is 12.9. The molecule has 0 atom stereocenters. The van der Waals surface area contributed by atoms with Gasteiger partial charge in [0.2, 0.25) is 0 Å². The summed E-state index contributed by atoms with van der Waals surface area (Å²) in [5.41, 5.74) is 13.4. The quantitative estimate of drug-likeness (QED) is 0.151. The van der Waals surface area contributed by atoms with Crippen LogP contribution in [0.15, 0.2) is 140 Å². The fourth-order valence-corrected chi connectivity index (χ4v) is 6.85. The first-order chi connectivity index (χ1) is 23.5. The molecule has 1 heterocycles. The van der Waals surface area contributed by atoms with Crippen molar-refractivity contribution in [1.82, 2.24) is 4.57 Å². The summed E-state index contributed by atoms with van der Waals surface area (Å²) < 4.78 is 9.12. The number of fused-ring (bicyclic) bond motifs is 3. The topological polar surface area (TPSA) is 14.2 Å². The van der Waals surface area contributed by atoms with E-state index in [4.69, 9.17) is 4.65 Å². The number of aryl methyl sites for hydroxylation is 1. The van der Waals surface area contributed by atoms with E-state index < -0.39 is 0 Å². The summed E-state index contributed by atoms with van der Waals surface area (Å²) in [5.74, 6) is 0. The van der Waals surface area contributed by atoms with Crippen molar-refractivity contribution < 1.29 is 4.65 Å². The fraction of sp³-hybridized carbons (Fsp3) is 0.217. The molecule has 6 aromatic carbocycles. The van der Waals surface area contributed by atoms with E-state index in [1.165, 1.54) is 71.9 Å². The minimum absolute atomic E-state index is 0.0144. The third-order valence-electron chi connectivity index (χ3n) is 10.7. The van der Waals surface area contributed by atoms with Gasteiger partial charge in [-0.3, -0.25) is 0 Å². The first-order valence-corrected chi connectivity index (χ1v) is 17.5. The third kappa shape index (κ3) is 6.36. The summed E-state index contributed by atoms with van der Waals surface area (Å²) in [6.07, 6.45) is 0.868.